The number of benzene rings is 9. The van der Waals surface area contributed by atoms with Crippen LogP contribution < -0.4 is 4.90 Å². The molecule has 0 spiro atoms. The van der Waals surface area contributed by atoms with Crippen molar-refractivity contribution in [3.63, 3.8) is 0 Å². The molecule has 0 saturated carbocycles. The van der Waals surface area contributed by atoms with Crippen molar-refractivity contribution in [2.75, 3.05) is 4.90 Å². The first-order chi connectivity index (χ1) is 26.4. The van der Waals surface area contributed by atoms with E-state index in [0.717, 1.165) is 39.0 Å². The van der Waals surface area contributed by atoms with Gasteiger partial charge >= 0.3 is 0 Å². The molecule has 0 bridgehead atoms. The molecule has 0 aliphatic carbocycles. The minimum absolute atomic E-state index is 0.0264. The first kappa shape index (κ1) is 32.0. The van der Waals surface area contributed by atoms with E-state index in [9.17, 15) is 0 Å². The zero-order valence-corrected chi connectivity index (χ0v) is 30.7. The van der Waals surface area contributed by atoms with E-state index in [4.69, 9.17) is 4.42 Å². The molecule has 54 heavy (non-hydrogen) atoms. The molecule has 0 atom stereocenters. The van der Waals surface area contributed by atoms with Crippen LogP contribution in [0.1, 0.15) is 26.3 Å². The molecule has 1 heterocycles. The predicted molar refractivity (Wildman–Crippen MR) is 230 cm³/mol. The number of rotatable bonds is 5. The lowest BCUT2D eigenvalue weighted by atomic mass is 9.84. The summed E-state index contributed by atoms with van der Waals surface area (Å²) < 4.78 is 6.53. The van der Waals surface area contributed by atoms with Gasteiger partial charge in [-0.2, -0.15) is 0 Å². The van der Waals surface area contributed by atoms with Gasteiger partial charge < -0.3 is 9.32 Å². The summed E-state index contributed by atoms with van der Waals surface area (Å²) in [6.07, 6.45) is 0. The summed E-state index contributed by atoms with van der Waals surface area (Å²) in [4.78, 5) is 2.48. The van der Waals surface area contributed by atoms with Gasteiger partial charge in [-0.15, -0.1) is 0 Å². The van der Waals surface area contributed by atoms with E-state index < -0.39 is 0 Å². The molecule has 0 unspecified atom stereocenters. The standard InChI is InChI=1S/C52H39NO/c1-52(2,3)39-25-28-47(44(32-39)35-14-5-4-6-15-35)53(40-26-29-49-46(33-40)45-30-37-18-7-8-19-38(37)31-50(45)54-49)48-27-24-36-17-10-12-22-42(36)51(48)43-23-13-20-34-16-9-11-21-41(34)43/h4-33H,1-3H3. The normalized spacial score (nSPS) is 12.0. The fourth-order valence-corrected chi connectivity index (χ4v) is 8.22. The maximum Gasteiger partial charge on any atom is 0.136 e. The van der Waals surface area contributed by atoms with Gasteiger partial charge in [-0.3, -0.25) is 0 Å². The molecule has 0 radical (unpaired) electrons. The Balaban J connectivity index is 1.33. The van der Waals surface area contributed by atoms with Crippen LogP contribution in [-0.4, -0.2) is 0 Å². The number of nitrogens with zero attached hydrogens (tertiary/aromatic N) is 1. The minimum Gasteiger partial charge on any atom is -0.456 e. The molecule has 9 aromatic carbocycles. The van der Waals surface area contributed by atoms with E-state index in [0.29, 0.717) is 0 Å². The second-order valence-electron chi connectivity index (χ2n) is 15.4. The summed E-state index contributed by atoms with van der Waals surface area (Å²) in [6.45, 7) is 6.87. The van der Waals surface area contributed by atoms with Crippen molar-refractivity contribution >= 4 is 71.3 Å². The van der Waals surface area contributed by atoms with E-state index >= 15 is 0 Å². The first-order valence-electron chi connectivity index (χ1n) is 18.8. The third-order valence-electron chi connectivity index (χ3n) is 11.0. The molecule has 258 valence electrons. The largest absolute Gasteiger partial charge is 0.456 e. The molecule has 0 amide bonds. The lowest BCUT2D eigenvalue weighted by molar-refractivity contribution is 0.590. The molecule has 0 saturated heterocycles. The predicted octanol–water partition coefficient (Wildman–Crippen LogP) is 15.1. The van der Waals surface area contributed by atoms with E-state index in [2.05, 4.69) is 208 Å². The lowest BCUT2D eigenvalue weighted by Crippen LogP contribution is -2.15. The highest BCUT2D eigenvalue weighted by Gasteiger charge is 2.25. The summed E-state index contributed by atoms with van der Waals surface area (Å²) in [5.41, 5.74) is 11.1. The second kappa shape index (κ2) is 12.5. The SMILES string of the molecule is CC(C)(C)c1ccc(N(c2ccc3oc4cc5ccccc5cc4c3c2)c2ccc3ccccc3c2-c2cccc3ccccc23)c(-c2ccccc2)c1. The van der Waals surface area contributed by atoms with Gasteiger partial charge in [0.25, 0.3) is 0 Å². The highest BCUT2D eigenvalue weighted by molar-refractivity contribution is 6.14. The molecule has 10 rings (SSSR count). The van der Waals surface area contributed by atoms with Crippen molar-refractivity contribution in [1.82, 2.24) is 0 Å². The Morgan fingerprint density at radius 2 is 1.04 bits per heavy atom. The van der Waals surface area contributed by atoms with E-state index in [1.165, 1.54) is 60.1 Å². The Hall–Kier alpha value is -6.64. The van der Waals surface area contributed by atoms with Gasteiger partial charge in [0.15, 0.2) is 0 Å². The Bertz CT molecular complexity index is 3030. The zero-order chi connectivity index (χ0) is 36.4. The molecular weight excluding hydrogens is 655 g/mol. The third kappa shape index (κ3) is 5.33. The fourth-order valence-electron chi connectivity index (χ4n) is 8.22. The van der Waals surface area contributed by atoms with Crippen LogP contribution in [0.4, 0.5) is 17.1 Å². The average Bonchev–Trinajstić information content (AvgIpc) is 3.56. The number of hydrogen-bond acceptors (Lipinski definition) is 2. The van der Waals surface area contributed by atoms with Crippen LogP contribution in [0.15, 0.2) is 186 Å². The third-order valence-corrected chi connectivity index (χ3v) is 11.0. The number of hydrogen-bond donors (Lipinski definition) is 0. The maximum atomic E-state index is 6.53. The quantitative estimate of drug-likeness (QED) is 0.178. The summed E-state index contributed by atoms with van der Waals surface area (Å²) >= 11 is 0. The Morgan fingerprint density at radius 1 is 0.407 bits per heavy atom. The van der Waals surface area contributed by atoms with Gasteiger partial charge in [-0.25, -0.2) is 0 Å². The molecule has 2 heteroatoms. The van der Waals surface area contributed by atoms with Crippen LogP contribution in [0.25, 0.3) is 76.5 Å². The van der Waals surface area contributed by atoms with Crippen molar-refractivity contribution in [2.24, 2.45) is 0 Å². The smallest absolute Gasteiger partial charge is 0.136 e. The molecular formula is C52H39NO. The van der Waals surface area contributed by atoms with Crippen LogP contribution in [-0.2, 0) is 5.41 Å². The van der Waals surface area contributed by atoms with E-state index in [1.54, 1.807) is 0 Å². The Kier molecular flexibility index (Phi) is 7.42. The van der Waals surface area contributed by atoms with Gasteiger partial charge in [0, 0.05) is 27.6 Å². The molecule has 0 aliphatic heterocycles. The topological polar surface area (TPSA) is 16.4 Å². The summed E-state index contributed by atoms with van der Waals surface area (Å²) in [5, 5.41) is 9.46. The van der Waals surface area contributed by atoms with Gasteiger partial charge in [0.2, 0.25) is 0 Å². The second-order valence-corrected chi connectivity index (χ2v) is 15.4. The van der Waals surface area contributed by atoms with Crippen LogP contribution in [0.3, 0.4) is 0 Å². The molecule has 2 nitrogen and oxygen atoms in total. The van der Waals surface area contributed by atoms with Crippen LogP contribution >= 0.6 is 0 Å². The molecule has 10 aromatic rings. The average molecular weight is 694 g/mol. The molecule has 0 N–H and O–H groups in total. The van der Waals surface area contributed by atoms with Crippen molar-refractivity contribution in [3.05, 3.63) is 188 Å². The number of fused-ring (bicyclic) bond motifs is 6. The van der Waals surface area contributed by atoms with Crippen LogP contribution in [0.2, 0.25) is 0 Å². The van der Waals surface area contributed by atoms with E-state index in [-0.39, 0.29) is 5.41 Å². The van der Waals surface area contributed by atoms with Gasteiger partial charge in [-0.1, -0.05) is 154 Å². The van der Waals surface area contributed by atoms with Crippen molar-refractivity contribution in [1.29, 1.82) is 0 Å². The number of anilines is 3. The van der Waals surface area contributed by atoms with Crippen molar-refractivity contribution in [2.45, 2.75) is 26.2 Å². The van der Waals surface area contributed by atoms with Crippen molar-refractivity contribution < 1.29 is 4.42 Å². The summed E-state index contributed by atoms with van der Waals surface area (Å²) in [7, 11) is 0. The van der Waals surface area contributed by atoms with Gasteiger partial charge in [-0.05, 0) is 103 Å². The van der Waals surface area contributed by atoms with Gasteiger partial charge in [0.05, 0.1) is 11.4 Å². The lowest BCUT2D eigenvalue weighted by Gasteiger charge is -2.32. The van der Waals surface area contributed by atoms with Crippen LogP contribution in [0, 0.1) is 0 Å². The fraction of sp³-hybridized carbons (Fsp3) is 0.0769. The molecule has 1 aromatic heterocycles. The highest BCUT2D eigenvalue weighted by atomic mass is 16.3. The number of furan rings is 1. The van der Waals surface area contributed by atoms with Crippen molar-refractivity contribution in [3.8, 4) is 22.3 Å². The van der Waals surface area contributed by atoms with E-state index in [1.807, 2.05) is 0 Å². The minimum atomic E-state index is -0.0264. The highest BCUT2D eigenvalue weighted by Crippen LogP contribution is 2.50. The van der Waals surface area contributed by atoms with Gasteiger partial charge in [0.1, 0.15) is 11.2 Å². The Labute approximate surface area is 315 Å². The maximum absolute atomic E-state index is 6.53. The van der Waals surface area contributed by atoms with Crippen LogP contribution in [0.5, 0.6) is 0 Å². The summed E-state index contributed by atoms with van der Waals surface area (Å²) in [6, 6.07) is 66.3. The zero-order valence-electron chi connectivity index (χ0n) is 30.7. The summed E-state index contributed by atoms with van der Waals surface area (Å²) in [5.74, 6) is 0. The Morgan fingerprint density at radius 3 is 1.81 bits per heavy atom. The first-order valence-corrected chi connectivity index (χ1v) is 18.8. The molecule has 0 aliphatic rings. The molecule has 0 fully saturated rings. The monoisotopic (exact) mass is 693 g/mol.